The summed E-state index contributed by atoms with van der Waals surface area (Å²) in [7, 11) is 2.17. The van der Waals surface area contributed by atoms with Crippen LogP contribution in [0, 0.1) is 5.92 Å². The SMILES string of the molecule is CCC(CC)C(=O)NCC(c1ccsc1)N1CCN(C)CC1. The van der Waals surface area contributed by atoms with Crippen LogP contribution >= 0.6 is 11.3 Å². The number of piperazine rings is 1. The summed E-state index contributed by atoms with van der Waals surface area (Å²) in [6.07, 6.45) is 1.83. The Morgan fingerprint density at radius 3 is 2.50 bits per heavy atom. The maximum absolute atomic E-state index is 12.3. The number of nitrogens with zero attached hydrogens (tertiary/aromatic N) is 2. The zero-order chi connectivity index (χ0) is 15.9. The zero-order valence-electron chi connectivity index (χ0n) is 14.0. The molecule has 124 valence electrons. The standard InChI is InChI=1S/C17H29N3OS/c1-4-14(5-2)17(21)18-12-16(15-6-11-22-13-15)20-9-7-19(3)8-10-20/h6,11,13-14,16H,4-5,7-10,12H2,1-3H3,(H,18,21). The number of rotatable bonds is 7. The van der Waals surface area contributed by atoms with Crippen LogP contribution in [0.25, 0.3) is 0 Å². The largest absolute Gasteiger partial charge is 0.354 e. The van der Waals surface area contributed by atoms with Crippen molar-refractivity contribution >= 4 is 17.2 Å². The van der Waals surface area contributed by atoms with Crippen LogP contribution in [0.2, 0.25) is 0 Å². The Hall–Kier alpha value is -0.910. The van der Waals surface area contributed by atoms with Gasteiger partial charge in [-0.05, 0) is 42.3 Å². The molecule has 0 radical (unpaired) electrons. The average molecular weight is 324 g/mol. The van der Waals surface area contributed by atoms with Gasteiger partial charge in [0.2, 0.25) is 5.91 Å². The van der Waals surface area contributed by atoms with Crippen molar-refractivity contribution < 1.29 is 4.79 Å². The van der Waals surface area contributed by atoms with E-state index in [1.807, 2.05) is 0 Å². The second-order valence-corrected chi connectivity index (χ2v) is 6.95. The highest BCUT2D eigenvalue weighted by Gasteiger charge is 2.25. The van der Waals surface area contributed by atoms with Gasteiger partial charge >= 0.3 is 0 Å². The monoisotopic (exact) mass is 323 g/mol. The molecule has 0 bridgehead atoms. The molecule has 5 heteroatoms. The van der Waals surface area contributed by atoms with Gasteiger partial charge in [-0.1, -0.05) is 13.8 Å². The molecule has 1 aliphatic heterocycles. The summed E-state index contributed by atoms with van der Waals surface area (Å²) in [5.41, 5.74) is 1.33. The molecule has 0 saturated carbocycles. The molecule has 0 spiro atoms. The van der Waals surface area contributed by atoms with Crippen LogP contribution in [-0.2, 0) is 4.79 Å². The summed E-state index contributed by atoms with van der Waals surface area (Å²) in [6.45, 7) is 9.23. The molecule has 1 aromatic heterocycles. The van der Waals surface area contributed by atoms with E-state index in [4.69, 9.17) is 0 Å². The molecular weight excluding hydrogens is 294 g/mol. The van der Waals surface area contributed by atoms with E-state index in [0.717, 1.165) is 45.6 Å². The molecule has 1 fully saturated rings. The zero-order valence-corrected chi connectivity index (χ0v) is 14.9. The first-order chi connectivity index (χ1) is 10.7. The summed E-state index contributed by atoms with van der Waals surface area (Å²) >= 11 is 1.73. The molecule has 0 aliphatic carbocycles. The van der Waals surface area contributed by atoms with Crippen LogP contribution in [0.1, 0.15) is 38.3 Å². The van der Waals surface area contributed by atoms with E-state index in [1.165, 1.54) is 5.56 Å². The maximum Gasteiger partial charge on any atom is 0.223 e. The second-order valence-electron chi connectivity index (χ2n) is 6.17. The van der Waals surface area contributed by atoms with Crippen molar-refractivity contribution in [3.05, 3.63) is 22.4 Å². The molecule has 1 saturated heterocycles. The van der Waals surface area contributed by atoms with Gasteiger partial charge in [-0.15, -0.1) is 0 Å². The summed E-state index contributed by atoms with van der Waals surface area (Å²) in [4.78, 5) is 17.2. The third-order valence-electron chi connectivity index (χ3n) is 4.73. The number of nitrogens with one attached hydrogen (secondary N) is 1. The van der Waals surface area contributed by atoms with E-state index in [1.54, 1.807) is 11.3 Å². The van der Waals surface area contributed by atoms with Gasteiger partial charge in [0.05, 0.1) is 6.04 Å². The Balaban J connectivity index is 1.98. The lowest BCUT2D eigenvalue weighted by Crippen LogP contribution is -2.48. The minimum absolute atomic E-state index is 0.149. The lowest BCUT2D eigenvalue weighted by molar-refractivity contribution is -0.125. The molecule has 22 heavy (non-hydrogen) atoms. The van der Waals surface area contributed by atoms with Crippen molar-refractivity contribution in [3.63, 3.8) is 0 Å². The molecule has 1 atom stereocenters. The topological polar surface area (TPSA) is 35.6 Å². The summed E-state index contributed by atoms with van der Waals surface area (Å²) in [5, 5.41) is 7.53. The molecule has 4 nitrogen and oxygen atoms in total. The van der Waals surface area contributed by atoms with Gasteiger partial charge in [0.15, 0.2) is 0 Å². The average Bonchev–Trinajstić information content (AvgIpc) is 3.04. The molecule has 0 aromatic carbocycles. The Morgan fingerprint density at radius 1 is 1.27 bits per heavy atom. The van der Waals surface area contributed by atoms with E-state index in [-0.39, 0.29) is 11.8 Å². The molecule has 2 heterocycles. The van der Waals surface area contributed by atoms with Gasteiger partial charge in [-0.2, -0.15) is 11.3 Å². The third-order valence-corrected chi connectivity index (χ3v) is 5.43. The number of carbonyl (C=O) groups excluding carboxylic acids is 1. The van der Waals surface area contributed by atoms with Crippen molar-refractivity contribution in [1.29, 1.82) is 0 Å². The Labute approximate surface area is 138 Å². The molecule has 1 amide bonds. The highest BCUT2D eigenvalue weighted by molar-refractivity contribution is 7.07. The molecule has 2 rings (SSSR count). The van der Waals surface area contributed by atoms with Gasteiger partial charge in [0, 0.05) is 38.6 Å². The van der Waals surface area contributed by atoms with E-state index < -0.39 is 0 Å². The normalized spacial score (nSPS) is 18.5. The number of hydrogen-bond donors (Lipinski definition) is 1. The van der Waals surface area contributed by atoms with Crippen LogP contribution in [0.3, 0.4) is 0 Å². The maximum atomic E-state index is 12.3. The summed E-state index contributed by atoms with van der Waals surface area (Å²) < 4.78 is 0. The van der Waals surface area contributed by atoms with Gasteiger partial charge in [-0.3, -0.25) is 9.69 Å². The molecule has 1 N–H and O–H groups in total. The number of hydrogen-bond acceptors (Lipinski definition) is 4. The molecule has 1 aliphatic rings. The van der Waals surface area contributed by atoms with E-state index in [9.17, 15) is 4.79 Å². The first-order valence-corrected chi connectivity index (χ1v) is 9.32. The van der Waals surface area contributed by atoms with Crippen LogP contribution in [0.5, 0.6) is 0 Å². The highest BCUT2D eigenvalue weighted by atomic mass is 32.1. The first-order valence-electron chi connectivity index (χ1n) is 8.38. The van der Waals surface area contributed by atoms with Crippen molar-refractivity contribution in [2.75, 3.05) is 39.8 Å². The fraction of sp³-hybridized carbons (Fsp3) is 0.706. The fourth-order valence-corrected chi connectivity index (χ4v) is 3.76. The third kappa shape index (κ3) is 4.54. The minimum Gasteiger partial charge on any atom is -0.354 e. The Morgan fingerprint density at radius 2 is 1.95 bits per heavy atom. The second kappa shape index (κ2) is 8.65. The smallest absolute Gasteiger partial charge is 0.223 e. The lowest BCUT2D eigenvalue weighted by atomic mass is 10.0. The molecule has 1 aromatic rings. The number of amides is 1. The number of carbonyl (C=O) groups is 1. The van der Waals surface area contributed by atoms with Crippen molar-refractivity contribution in [3.8, 4) is 0 Å². The van der Waals surface area contributed by atoms with E-state index >= 15 is 0 Å². The molecular formula is C17H29N3OS. The van der Waals surface area contributed by atoms with Gasteiger partial charge in [0.1, 0.15) is 0 Å². The van der Waals surface area contributed by atoms with E-state index in [0.29, 0.717) is 6.04 Å². The molecule has 1 unspecified atom stereocenters. The van der Waals surface area contributed by atoms with E-state index in [2.05, 4.69) is 52.8 Å². The van der Waals surface area contributed by atoms with Gasteiger partial charge in [-0.25, -0.2) is 0 Å². The van der Waals surface area contributed by atoms with Gasteiger partial charge in [0.25, 0.3) is 0 Å². The Kier molecular flexibility index (Phi) is 6.86. The van der Waals surface area contributed by atoms with Crippen molar-refractivity contribution in [1.82, 2.24) is 15.1 Å². The van der Waals surface area contributed by atoms with Crippen LogP contribution in [-0.4, -0.2) is 55.5 Å². The highest BCUT2D eigenvalue weighted by Crippen LogP contribution is 2.24. The fourth-order valence-electron chi connectivity index (χ4n) is 3.06. The predicted octanol–water partition coefficient (Wildman–Crippen LogP) is 2.59. The number of thiophene rings is 1. The summed E-state index contributed by atoms with van der Waals surface area (Å²) in [5.74, 6) is 0.356. The summed E-state index contributed by atoms with van der Waals surface area (Å²) in [6, 6.07) is 2.50. The van der Waals surface area contributed by atoms with Gasteiger partial charge < -0.3 is 10.2 Å². The first kappa shape index (κ1) is 17.4. The van der Waals surface area contributed by atoms with Crippen molar-refractivity contribution in [2.24, 2.45) is 5.92 Å². The van der Waals surface area contributed by atoms with Crippen LogP contribution < -0.4 is 5.32 Å². The van der Waals surface area contributed by atoms with Crippen LogP contribution in [0.4, 0.5) is 0 Å². The Bertz CT molecular complexity index is 437. The predicted molar refractivity (Wildman–Crippen MR) is 93.2 cm³/mol. The quantitative estimate of drug-likeness (QED) is 0.838. The lowest BCUT2D eigenvalue weighted by Gasteiger charge is -2.38. The van der Waals surface area contributed by atoms with Crippen LogP contribution in [0.15, 0.2) is 16.8 Å². The van der Waals surface area contributed by atoms with Crippen molar-refractivity contribution in [2.45, 2.75) is 32.7 Å². The number of likely N-dealkylation sites (N-methyl/N-ethyl adjacent to an activating group) is 1. The minimum atomic E-state index is 0.149.